The van der Waals surface area contributed by atoms with Gasteiger partial charge in [0.15, 0.2) is 0 Å². The number of rotatable bonds is 4. The van der Waals surface area contributed by atoms with E-state index in [2.05, 4.69) is 22.0 Å². The number of halogens is 2. The van der Waals surface area contributed by atoms with Crippen molar-refractivity contribution in [1.29, 1.82) is 0 Å². The lowest BCUT2D eigenvalue weighted by atomic mass is 10.2. The molecular formula is C12H10BrClOS. The summed E-state index contributed by atoms with van der Waals surface area (Å²) in [5, 5.41) is 0.755. The Morgan fingerprint density at radius 2 is 1.81 bits per heavy atom. The van der Waals surface area contributed by atoms with Gasteiger partial charge in [0.1, 0.15) is 0 Å². The van der Waals surface area contributed by atoms with Gasteiger partial charge >= 0.3 is 0 Å². The predicted molar refractivity (Wildman–Crippen MR) is 72.0 cm³/mol. The van der Waals surface area contributed by atoms with Gasteiger partial charge in [-0.1, -0.05) is 23.7 Å². The summed E-state index contributed by atoms with van der Waals surface area (Å²) < 4.78 is 6.74. The van der Waals surface area contributed by atoms with Crippen LogP contribution in [0.1, 0.15) is 10.4 Å². The number of thiophene rings is 1. The molecule has 84 valence electrons. The molecule has 2 aromatic rings. The quantitative estimate of drug-likeness (QED) is 0.781. The Kier molecular flexibility index (Phi) is 4.41. The average molecular weight is 318 g/mol. The molecule has 1 aromatic heterocycles. The van der Waals surface area contributed by atoms with Crippen LogP contribution < -0.4 is 0 Å². The third-order valence-corrected chi connectivity index (χ3v) is 3.90. The van der Waals surface area contributed by atoms with Gasteiger partial charge in [0.2, 0.25) is 0 Å². The first-order chi connectivity index (χ1) is 7.74. The topological polar surface area (TPSA) is 9.23 Å². The van der Waals surface area contributed by atoms with Crippen LogP contribution in [0.2, 0.25) is 5.02 Å². The third-order valence-electron chi connectivity index (χ3n) is 2.06. The van der Waals surface area contributed by atoms with Gasteiger partial charge in [-0.25, -0.2) is 0 Å². The molecule has 1 heterocycles. The van der Waals surface area contributed by atoms with Crippen molar-refractivity contribution in [2.75, 3.05) is 0 Å². The van der Waals surface area contributed by atoms with Gasteiger partial charge in [0.05, 0.1) is 17.0 Å². The van der Waals surface area contributed by atoms with Gasteiger partial charge in [-0.3, -0.25) is 0 Å². The minimum absolute atomic E-state index is 0.618. The van der Waals surface area contributed by atoms with E-state index in [0.29, 0.717) is 13.2 Å². The highest BCUT2D eigenvalue weighted by molar-refractivity contribution is 9.11. The van der Waals surface area contributed by atoms with Crippen LogP contribution in [-0.4, -0.2) is 0 Å². The highest BCUT2D eigenvalue weighted by Gasteiger charge is 1.98. The molecule has 0 N–H and O–H groups in total. The van der Waals surface area contributed by atoms with E-state index in [9.17, 15) is 0 Å². The summed E-state index contributed by atoms with van der Waals surface area (Å²) in [5.41, 5.74) is 1.14. The van der Waals surface area contributed by atoms with Crippen LogP contribution in [0.3, 0.4) is 0 Å². The molecule has 0 aliphatic heterocycles. The van der Waals surface area contributed by atoms with E-state index < -0.39 is 0 Å². The molecule has 0 amide bonds. The van der Waals surface area contributed by atoms with Crippen molar-refractivity contribution in [2.45, 2.75) is 13.2 Å². The fourth-order valence-corrected chi connectivity index (χ4v) is 2.83. The Bertz CT molecular complexity index is 452. The summed E-state index contributed by atoms with van der Waals surface area (Å²) in [6.45, 7) is 1.27. The Hall–Kier alpha value is -0.350. The van der Waals surface area contributed by atoms with Gasteiger partial charge in [-0.05, 0) is 45.8 Å². The monoisotopic (exact) mass is 316 g/mol. The maximum Gasteiger partial charge on any atom is 0.0814 e. The van der Waals surface area contributed by atoms with Crippen molar-refractivity contribution in [3.05, 3.63) is 55.6 Å². The molecule has 0 fully saturated rings. The number of hydrogen-bond donors (Lipinski definition) is 0. The van der Waals surface area contributed by atoms with E-state index in [0.717, 1.165) is 14.4 Å². The highest BCUT2D eigenvalue weighted by atomic mass is 79.9. The van der Waals surface area contributed by atoms with E-state index in [-0.39, 0.29) is 0 Å². The highest BCUT2D eigenvalue weighted by Crippen LogP contribution is 2.22. The number of ether oxygens (including phenoxy) is 1. The number of hydrogen-bond acceptors (Lipinski definition) is 2. The predicted octanol–water partition coefficient (Wildman–Crippen LogP) is 4.88. The maximum absolute atomic E-state index is 5.80. The van der Waals surface area contributed by atoms with Crippen LogP contribution in [0.15, 0.2) is 40.2 Å². The van der Waals surface area contributed by atoms with E-state index in [1.807, 2.05) is 30.3 Å². The fraction of sp³-hybridized carbons (Fsp3) is 0.167. The molecule has 0 spiro atoms. The molecule has 2 rings (SSSR count). The van der Waals surface area contributed by atoms with Crippen molar-refractivity contribution in [1.82, 2.24) is 0 Å². The fourth-order valence-electron chi connectivity index (χ4n) is 1.28. The molecular weight excluding hydrogens is 308 g/mol. The summed E-state index contributed by atoms with van der Waals surface area (Å²) in [4.78, 5) is 1.22. The SMILES string of the molecule is Clc1ccc(COCc2ccc(Br)s2)cc1. The van der Waals surface area contributed by atoms with Gasteiger partial charge in [0.25, 0.3) is 0 Å². The first-order valence-corrected chi connectivity index (χ1v) is 6.79. The van der Waals surface area contributed by atoms with E-state index >= 15 is 0 Å². The lowest BCUT2D eigenvalue weighted by Gasteiger charge is -2.02. The van der Waals surface area contributed by atoms with E-state index in [1.165, 1.54) is 4.88 Å². The summed E-state index contributed by atoms with van der Waals surface area (Å²) in [6, 6.07) is 11.8. The van der Waals surface area contributed by atoms with Crippen molar-refractivity contribution < 1.29 is 4.74 Å². The third kappa shape index (κ3) is 3.59. The van der Waals surface area contributed by atoms with Crippen LogP contribution in [0, 0.1) is 0 Å². The average Bonchev–Trinajstić information content (AvgIpc) is 2.67. The summed E-state index contributed by atoms with van der Waals surface area (Å²) in [6.07, 6.45) is 0. The molecule has 0 radical (unpaired) electrons. The van der Waals surface area contributed by atoms with Crippen molar-refractivity contribution in [3.8, 4) is 0 Å². The van der Waals surface area contributed by atoms with E-state index in [4.69, 9.17) is 16.3 Å². The van der Waals surface area contributed by atoms with Crippen LogP contribution in [0.4, 0.5) is 0 Å². The van der Waals surface area contributed by atoms with Crippen LogP contribution in [0.5, 0.6) is 0 Å². The Morgan fingerprint density at radius 3 is 2.44 bits per heavy atom. The smallest absolute Gasteiger partial charge is 0.0814 e. The Morgan fingerprint density at radius 1 is 1.06 bits per heavy atom. The van der Waals surface area contributed by atoms with Crippen LogP contribution >= 0.6 is 38.9 Å². The summed E-state index contributed by atoms with van der Waals surface area (Å²) in [7, 11) is 0. The zero-order valence-corrected chi connectivity index (χ0v) is 11.6. The van der Waals surface area contributed by atoms with Gasteiger partial charge < -0.3 is 4.74 Å². The molecule has 0 bridgehead atoms. The molecule has 1 nitrogen and oxygen atoms in total. The second-order valence-corrected chi connectivity index (χ2v) is 6.31. The van der Waals surface area contributed by atoms with Crippen molar-refractivity contribution in [2.24, 2.45) is 0 Å². The van der Waals surface area contributed by atoms with Crippen LogP contribution in [0.25, 0.3) is 0 Å². The van der Waals surface area contributed by atoms with Gasteiger partial charge in [-0.15, -0.1) is 11.3 Å². The normalized spacial score (nSPS) is 10.6. The largest absolute Gasteiger partial charge is 0.371 e. The maximum atomic E-state index is 5.80. The molecule has 0 saturated carbocycles. The minimum Gasteiger partial charge on any atom is -0.371 e. The molecule has 0 atom stereocenters. The zero-order chi connectivity index (χ0) is 11.4. The van der Waals surface area contributed by atoms with Crippen molar-refractivity contribution in [3.63, 3.8) is 0 Å². The summed E-state index contributed by atoms with van der Waals surface area (Å²) >= 11 is 10.9. The molecule has 16 heavy (non-hydrogen) atoms. The minimum atomic E-state index is 0.618. The van der Waals surface area contributed by atoms with Crippen LogP contribution in [-0.2, 0) is 18.0 Å². The first kappa shape index (κ1) is 12.1. The molecule has 4 heteroatoms. The Balaban J connectivity index is 1.82. The first-order valence-electron chi connectivity index (χ1n) is 4.80. The second kappa shape index (κ2) is 5.82. The van der Waals surface area contributed by atoms with Crippen molar-refractivity contribution >= 4 is 38.9 Å². The van der Waals surface area contributed by atoms with E-state index in [1.54, 1.807) is 11.3 Å². The summed E-state index contributed by atoms with van der Waals surface area (Å²) in [5.74, 6) is 0. The molecule has 0 unspecified atom stereocenters. The Labute approximate surface area is 112 Å². The standard InChI is InChI=1S/C12H10BrClOS/c13-12-6-5-11(16-12)8-15-7-9-1-3-10(14)4-2-9/h1-6H,7-8H2. The molecule has 0 aliphatic carbocycles. The molecule has 0 saturated heterocycles. The second-order valence-electron chi connectivity index (χ2n) is 3.33. The van der Waals surface area contributed by atoms with Gasteiger partial charge in [-0.2, -0.15) is 0 Å². The lowest BCUT2D eigenvalue weighted by molar-refractivity contribution is 0.109. The molecule has 0 aliphatic rings. The van der Waals surface area contributed by atoms with Gasteiger partial charge in [0, 0.05) is 9.90 Å². The number of benzene rings is 1. The zero-order valence-electron chi connectivity index (χ0n) is 8.45. The lowest BCUT2D eigenvalue weighted by Crippen LogP contribution is -1.91. The molecule has 1 aromatic carbocycles.